The lowest BCUT2D eigenvalue weighted by atomic mass is 9.98. The van der Waals surface area contributed by atoms with Gasteiger partial charge in [-0.1, -0.05) is 49.7 Å². The van der Waals surface area contributed by atoms with Crippen molar-refractivity contribution in [2.75, 3.05) is 19.7 Å². The molecule has 1 aliphatic rings. The third kappa shape index (κ3) is 5.10. The van der Waals surface area contributed by atoms with Crippen LogP contribution in [0, 0.1) is 23.4 Å². The van der Waals surface area contributed by atoms with Crippen LogP contribution in [0.3, 0.4) is 0 Å². The van der Waals surface area contributed by atoms with Crippen molar-refractivity contribution in [2.24, 2.45) is 5.92 Å². The first-order valence-electron chi connectivity index (χ1n) is 11.0. The van der Waals surface area contributed by atoms with Gasteiger partial charge in [0.2, 0.25) is 5.82 Å². The highest BCUT2D eigenvalue weighted by Gasteiger charge is 2.25. The van der Waals surface area contributed by atoms with E-state index in [1.54, 1.807) is 36.4 Å². The quantitative estimate of drug-likeness (QED) is 0.388. The van der Waals surface area contributed by atoms with E-state index in [1.807, 2.05) is 0 Å². The van der Waals surface area contributed by atoms with Gasteiger partial charge in [0.1, 0.15) is 13.7 Å². The van der Waals surface area contributed by atoms with Gasteiger partial charge in [0.05, 0.1) is 13.2 Å². The fourth-order valence-electron chi connectivity index (χ4n) is 3.99. The van der Waals surface area contributed by atoms with Crippen molar-refractivity contribution in [1.82, 2.24) is 0 Å². The van der Waals surface area contributed by atoms with Crippen molar-refractivity contribution in [3.63, 3.8) is 0 Å². The number of hydrogen-bond donors (Lipinski definition) is 0. The summed E-state index contributed by atoms with van der Waals surface area (Å²) in [4.78, 5) is 0. The smallest absolute Gasteiger partial charge is 0.201 e. The number of hydrogen-bond acceptors (Lipinski definition) is 3. The van der Waals surface area contributed by atoms with Gasteiger partial charge in [0, 0.05) is 23.6 Å². The molecule has 7 heteroatoms. The van der Waals surface area contributed by atoms with E-state index in [4.69, 9.17) is 22.1 Å². The molecule has 0 bridgehead atoms. The number of benzene rings is 3. The topological polar surface area (TPSA) is 27.7 Å². The fourth-order valence-corrected chi connectivity index (χ4v) is 3.99. The summed E-state index contributed by atoms with van der Waals surface area (Å²) in [7, 11) is 5.23. The van der Waals surface area contributed by atoms with Crippen LogP contribution in [0.2, 0.25) is 0 Å². The van der Waals surface area contributed by atoms with E-state index in [0.717, 1.165) is 18.4 Å². The van der Waals surface area contributed by atoms with Crippen molar-refractivity contribution < 1.29 is 27.4 Å². The molecule has 0 unspecified atom stereocenters. The minimum atomic E-state index is -1.09. The van der Waals surface area contributed by atoms with Crippen LogP contribution in [0.5, 0.6) is 5.75 Å². The minimum Gasteiger partial charge on any atom is -0.500 e. The monoisotopic (exact) mass is 452 g/mol. The molecule has 33 heavy (non-hydrogen) atoms. The second kappa shape index (κ2) is 10.4. The van der Waals surface area contributed by atoms with Crippen molar-refractivity contribution in [1.29, 1.82) is 0 Å². The zero-order chi connectivity index (χ0) is 23.4. The van der Waals surface area contributed by atoms with E-state index in [0.29, 0.717) is 35.8 Å². The number of halogens is 3. The maximum atomic E-state index is 14.8. The van der Waals surface area contributed by atoms with Crippen LogP contribution in [-0.4, -0.2) is 27.6 Å². The molecular weight excluding hydrogens is 428 g/mol. The Hall–Kier alpha value is -2.77. The molecule has 1 heterocycles. The second-order valence-electron chi connectivity index (χ2n) is 8.02. The van der Waals surface area contributed by atoms with Crippen LogP contribution in [0.4, 0.5) is 13.2 Å². The molecule has 0 aromatic heterocycles. The second-order valence-corrected chi connectivity index (χ2v) is 8.02. The fraction of sp³-hybridized carbons (Fsp3) is 0.308. The Morgan fingerprint density at radius 1 is 0.879 bits per heavy atom. The highest BCUT2D eigenvalue weighted by atomic mass is 19.2. The van der Waals surface area contributed by atoms with Crippen LogP contribution >= 0.6 is 0 Å². The summed E-state index contributed by atoms with van der Waals surface area (Å²) in [6.07, 6.45) is 1.37. The first-order valence-corrected chi connectivity index (χ1v) is 11.0. The zero-order valence-corrected chi connectivity index (χ0v) is 18.3. The summed E-state index contributed by atoms with van der Waals surface area (Å²) in [6, 6.07) is 14.4. The number of ether oxygens (including phenoxy) is 3. The molecule has 4 rings (SSSR count). The van der Waals surface area contributed by atoms with Gasteiger partial charge in [-0.2, -0.15) is 4.39 Å². The van der Waals surface area contributed by atoms with E-state index in [9.17, 15) is 13.2 Å². The van der Waals surface area contributed by atoms with Crippen molar-refractivity contribution in [2.45, 2.75) is 26.1 Å². The lowest BCUT2D eigenvalue weighted by Gasteiger charge is -2.29. The van der Waals surface area contributed by atoms with E-state index < -0.39 is 23.7 Å². The first kappa shape index (κ1) is 23.4. The Labute approximate surface area is 192 Å². The van der Waals surface area contributed by atoms with E-state index >= 15 is 0 Å². The van der Waals surface area contributed by atoms with E-state index in [1.165, 1.54) is 18.2 Å². The third-order valence-corrected chi connectivity index (χ3v) is 5.73. The molecule has 0 aliphatic carbocycles. The van der Waals surface area contributed by atoms with Gasteiger partial charge in [-0.15, -0.1) is 0 Å². The average Bonchev–Trinajstić information content (AvgIpc) is 2.83. The molecule has 0 N–H and O–H groups in total. The molecule has 0 atom stereocenters. The van der Waals surface area contributed by atoms with Crippen LogP contribution in [-0.2, 0) is 9.47 Å². The van der Waals surface area contributed by atoms with Gasteiger partial charge in [0.15, 0.2) is 17.9 Å². The van der Waals surface area contributed by atoms with Gasteiger partial charge in [-0.05, 0) is 41.3 Å². The highest BCUT2D eigenvalue weighted by Crippen LogP contribution is 2.33. The molecule has 1 fully saturated rings. The molecule has 0 saturated carbocycles. The van der Waals surface area contributed by atoms with Crippen LogP contribution < -0.4 is 4.74 Å². The van der Waals surface area contributed by atoms with Crippen LogP contribution in [0.25, 0.3) is 22.3 Å². The summed E-state index contributed by atoms with van der Waals surface area (Å²) < 4.78 is 59.8. The van der Waals surface area contributed by atoms with Gasteiger partial charge < -0.3 is 14.2 Å². The predicted molar refractivity (Wildman–Crippen MR) is 121 cm³/mol. The molecule has 3 aromatic rings. The standard InChI is InChI=1S/C26H24BF3O3/c1-2-3-16-13-31-26(32-14-16)21-9-8-19(12-22(21)28)17-4-6-18(7-5-17)20-10-11-23(33-15-27)25(30)24(20)29/h4-12,16,26H,2-3,13-15H2,1H3. The lowest BCUT2D eigenvalue weighted by molar-refractivity contribution is -0.207. The van der Waals surface area contributed by atoms with E-state index in [2.05, 4.69) is 6.92 Å². The minimum absolute atomic E-state index is 0.0953. The first-order chi connectivity index (χ1) is 16.0. The lowest BCUT2D eigenvalue weighted by Crippen LogP contribution is -2.27. The maximum absolute atomic E-state index is 14.8. The predicted octanol–water partition coefficient (Wildman–Crippen LogP) is 6.40. The van der Waals surface area contributed by atoms with Gasteiger partial charge in [-0.3, -0.25) is 0 Å². The van der Waals surface area contributed by atoms with Crippen molar-refractivity contribution in [3.8, 4) is 28.0 Å². The molecule has 170 valence electrons. The SMILES string of the molecule is [B]COc1ccc(-c2ccc(-c3ccc(C4OCC(CCC)CO4)c(F)c3)cc2)c(F)c1F. The normalized spacial score (nSPS) is 18.3. The Morgan fingerprint density at radius 3 is 2.18 bits per heavy atom. The summed E-state index contributed by atoms with van der Waals surface area (Å²) >= 11 is 0. The average molecular weight is 452 g/mol. The van der Waals surface area contributed by atoms with E-state index in [-0.39, 0.29) is 17.8 Å². The van der Waals surface area contributed by atoms with Gasteiger partial charge in [-0.25, -0.2) is 8.78 Å². The Bertz CT molecular complexity index is 1100. The molecular formula is C26H24BF3O3. The molecule has 2 radical (unpaired) electrons. The van der Waals surface area contributed by atoms with Crippen molar-refractivity contribution in [3.05, 3.63) is 77.6 Å². The zero-order valence-electron chi connectivity index (χ0n) is 18.3. The molecule has 0 spiro atoms. The van der Waals surface area contributed by atoms with Gasteiger partial charge >= 0.3 is 0 Å². The summed E-state index contributed by atoms with van der Waals surface area (Å²) in [6.45, 7) is 2.97. The molecule has 0 amide bonds. The van der Waals surface area contributed by atoms with Crippen molar-refractivity contribution >= 4 is 7.85 Å². The highest BCUT2D eigenvalue weighted by molar-refractivity contribution is 6.08. The Kier molecular flexibility index (Phi) is 7.41. The number of rotatable bonds is 7. The summed E-state index contributed by atoms with van der Waals surface area (Å²) in [5, 5.41) is 0. The van der Waals surface area contributed by atoms with Crippen LogP contribution in [0.1, 0.15) is 31.6 Å². The molecule has 3 nitrogen and oxygen atoms in total. The van der Waals surface area contributed by atoms with Gasteiger partial charge in [0.25, 0.3) is 0 Å². The molecule has 1 saturated heterocycles. The molecule has 3 aromatic carbocycles. The maximum Gasteiger partial charge on any atom is 0.201 e. The van der Waals surface area contributed by atoms with Crippen LogP contribution in [0.15, 0.2) is 54.6 Å². The summed E-state index contributed by atoms with van der Waals surface area (Å²) in [5.74, 6) is -2.42. The third-order valence-electron chi connectivity index (χ3n) is 5.73. The Morgan fingerprint density at radius 2 is 1.55 bits per heavy atom. The molecule has 1 aliphatic heterocycles. The largest absolute Gasteiger partial charge is 0.500 e. The summed E-state index contributed by atoms with van der Waals surface area (Å²) in [5.41, 5.74) is 2.33. The Balaban J connectivity index is 1.51.